The van der Waals surface area contributed by atoms with Crippen LogP contribution in [0.1, 0.15) is 214 Å². The van der Waals surface area contributed by atoms with Crippen LogP contribution in [0.15, 0.2) is 0 Å². The molecule has 0 heterocycles. The van der Waals surface area contributed by atoms with Gasteiger partial charge >= 0.3 is 0 Å². The molecule has 0 radical (unpaired) electrons. The van der Waals surface area contributed by atoms with Crippen LogP contribution in [0.25, 0.3) is 0 Å². The molecule has 0 unspecified atom stereocenters. The number of nitrogens with one attached hydrogen (secondary N) is 2. The minimum atomic E-state index is 0.149. The van der Waals surface area contributed by atoms with Crippen LogP contribution in [0.2, 0.25) is 0 Å². The summed E-state index contributed by atoms with van der Waals surface area (Å²) in [5.74, 6) is 0.299. The lowest BCUT2D eigenvalue weighted by atomic mass is 10.1. The van der Waals surface area contributed by atoms with Crippen molar-refractivity contribution in [2.75, 3.05) is 52.9 Å². The third kappa shape index (κ3) is 42.9. The molecule has 0 bridgehead atoms. The van der Waals surface area contributed by atoms with Crippen LogP contribution < -0.4 is 10.6 Å². The number of unbranched alkanes of at least 4 members (excludes halogenated alkanes) is 21. The highest BCUT2D eigenvalue weighted by molar-refractivity contribution is 5.76. The highest BCUT2D eigenvalue weighted by Gasteiger charge is 2.11. The Labute approximate surface area is 308 Å². The fourth-order valence-corrected chi connectivity index (χ4v) is 6.17. The molecule has 294 valence electrons. The second kappa shape index (κ2) is 43.0. The standard InChI is InChI=1S/C38H78N4O2.C5H12/c1-5-8-11-13-15-17-19-21-23-25-30-39-37(43)28-35-42(34-27-33-41(4)32-10-7-3)36-29-38(44)40-31-26-24-22-20-18-16-14-12-9-6-2;1-3-5-4-2/h5-36H2,1-4H3,(H,39,43)(H,40,44);3-5H2,1-2H3. The lowest BCUT2D eigenvalue weighted by Gasteiger charge is -2.24. The van der Waals surface area contributed by atoms with Crippen molar-refractivity contribution in [2.45, 2.75) is 214 Å². The molecule has 0 rings (SSSR count). The fourth-order valence-electron chi connectivity index (χ4n) is 6.17. The Bertz CT molecular complexity index is 616. The normalized spacial score (nSPS) is 11.2. The van der Waals surface area contributed by atoms with E-state index in [0.717, 1.165) is 65.1 Å². The van der Waals surface area contributed by atoms with E-state index < -0.39 is 0 Å². The van der Waals surface area contributed by atoms with Gasteiger partial charge in [-0.3, -0.25) is 9.59 Å². The van der Waals surface area contributed by atoms with Gasteiger partial charge in [0.25, 0.3) is 0 Å². The van der Waals surface area contributed by atoms with E-state index in [-0.39, 0.29) is 11.8 Å². The summed E-state index contributed by atoms with van der Waals surface area (Å²) in [4.78, 5) is 29.8. The van der Waals surface area contributed by atoms with Crippen LogP contribution in [-0.2, 0) is 9.59 Å². The average molecular weight is 695 g/mol. The summed E-state index contributed by atoms with van der Waals surface area (Å²) in [6.45, 7) is 17.4. The highest BCUT2D eigenvalue weighted by Crippen LogP contribution is 2.11. The first-order valence-corrected chi connectivity index (χ1v) is 21.9. The lowest BCUT2D eigenvalue weighted by Crippen LogP contribution is -2.36. The zero-order valence-electron chi connectivity index (χ0n) is 34.5. The number of amides is 2. The highest BCUT2D eigenvalue weighted by atomic mass is 16.2. The first kappa shape index (κ1) is 50.0. The van der Waals surface area contributed by atoms with E-state index in [4.69, 9.17) is 0 Å². The number of hydrogen-bond donors (Lipinski definition) is 2. The van der Waals surface area contributed by atoms with Crippen molar-refractivity contribution in [2.24, 2.45) is 0 Å². The molecule has 0 fully saturated rings. The molecule has 0 saturated heterocycles. The van der Waals surface area contributed by atoms with Gasteiger partial charge in [-0.25, -0.2) is 0 Å². The zero-order valence-corrected chi connectivity index (χ0v) is 34.5. The predicted molar refractivity (Wildman–Crippen MR) is 218 cm³/mol. The molecule has 0 aliphatic rings. The number of carbonyl (C=O) groups is 2. The maximum Gasteiger partial charge on any atom is 0.221 e. The molecule has 2 amide bonds. The molecular formula is C43H90N4O2. The van der Waals surface area contributed by atoms with Gasteiger partial charge in [-0.05, 0) is 52.4 Å². The molecule has 0 spiro atoms. The molecule has 0 aromatic carbocycles. The van der Waals surface area contributed by atoms with Crippen molar-refractivity contribution in [1.29, 1.82) is 0 Å². The van der Waals surface area contributed by atoms with Gasteiger partial charge in [0.1, 0.15) is 0 Å². The van der Waals surface area contributed by atoms with Gasteiger partial charge in [-0.2, -0.15) is 0 Å². The smallest absolute Gasteiger partial charge is 0.221 e. The van der Waals surface area contributed by atoms with Crippen LogP contribution in [0.5, 0.6) is 0 Å². The molecule has 6 heteroatoms. The summed E-state index contributed by atoms with van der Waals surface area (Å²) in [6, 6.07) is 0. The summed E-state index contributed by atoms with van der Waals surface area (Å²) < 4.78 is 0. The van der Waals surface area contributed by atoms with Crippen molar-refractivity contribution in [3.8, 4) is 0 Å². The van der Waals surface area contributed by atoms with E-state index in [1.54, 1.807) is 0 Å². The predicted octanol–water partition coefficient (Wildman–Crippen LogP) is 11.5. The maximum absolute atomic E-state index is 12.5. The van der Waals surface area contributed by atoms with Crippen LogP contribution in [-0.4, -0.2) is 74.5 Å². The Hall–Kier alpha value is -1.14. The maximum atomic E-state index is 12.5. The van der Waals surface area contributed by atoms with Gasteiger partial charge in [0, 0.05) is 39.0 Å². The Morgan fingerprint density at radius 3 is 1.04 bits per heavy atom. The van der Waals surface area contributed by atoms with Crippen molar-refractivity contribution < 1.29 is 9.59 Å². The second-order valence-corrected chi connectivity index (χ2v) is 14.8. The summed E-state index contributed by atoms with van der Waals surface area (Å²) in [6.07, 6.45) is 34.9. The quantitative estimate of drug-likeness (QED) is 0.0635. The second-order valence-electron chi connectivity index (χ2n) is 14.8. The topological polar surface area (TPSA) is 64.7 Å². The van der Waals surface area contributed by atoms with E-state index in [0.29, 0.717) is 12.8 Å². The summed E-state index contributed by atoms with van der Waals surface area (Å²) in [5.41, 5.74) is 0. The van der Waals surface area contributed by atoms with E-state index in [1.807, 2.05) is 0 Å². The molecule has 2 N–H and O–H groups in total. The third-order valence-electron chi connectivity index (χ3n) is 9.63. The average Bonchev–Trinajstić information content (AvgIpc) is 3.10. The minimum absolute atomic E-state index is 0.149. The largest absolute Gasteiger partial charge is 0.356 e. The van der Waals surface area contributed by atoms with Gasteiger partial charge in [-0.1, -0.05) is 176 Å². The molecule has 0 atom stereocenters. The Balaban J connectivity index is 0. The van der Waals surface area contributed by atoms with Crippen molar-refractivity contribution in [1.82, 2.24) is 20.4 Å². The molecule has 6 nitrogen and oxygen atoms in total. The van der Waals surface area contributed by atoms with Crippen LogP contribution in [0.3, 0.4) is 0 Å². The van der Waals surface area contributed by atoms with Gasteiger partial charge in [0.2, 0.25) is 11.8 Å². The first-order valence-electron chi connectivity index (χ1n) is 21.9. The number of carbonyl (C=O) groups excluding carboxylic acids is 2. The molecule has 49 heavy (non-hydrogen) atoms. The number of nitrogens with zero attached hydrogens (tertiary/aromatic N) is 2. The fraction of sp³-hybridized carbons (Fsp3) is 0.953. The van der Waals surface area contributed by atoms with Gasteiger partial charge in [0.15, 0.2) is 0 Å². The summed E-state index contributed by atoms with van der Waals surface area (Å²) in [7, 11) is 2.20. The van der Waals surface area contributed by atoms with Crippen LogP contribution in [0.4, 0.5) is 0 Å². The van der Waals surface area contributed by atoms with Gasteiger partial charge in [0.05, 0.1) is 0 Å². The summed E-state index contributed by atoms with van der Waals surface area (Å²) >= 11 is 0. The summed E-state index contributed by atoms with van der Waals surface area (Å²) in [5, 5.41) is 6.27. The number of rotatable bonds is 37. The van der Waals surface area contributed by atoms with E-state index in [2.05, 4.69) is 62.1 Å². The molecule has 0 aromatic heterocycles. The van der Waals surface area contributed by atoms with E-state index >= 15 is 0 Å². The van der Waals surface area contributed by atoms with Gasteiger partial charge < -0.3 is 20.4 Å². The number of hydrogen-bond acceptors (Lipinski definition) is 4. The monoisotopic (exact) mass is 695 g/mol. The van der Waals surface area contributed by atoms with E-state index in [9.17, 15) is 9.59 Å². The van der Waals surface area contributed by atoms with Crippen LogP contribution >= 0.6 is 0 Å². The van der Waals surface area contributed by atoms with Crippen LogP contribution in [0, 0.1) is 0 Å². The molecule has 0 aromatic rings. The van der Waals surface area contributed by atoms with Crippen molar-refractivity contribution in [3.63, 3.8) is 0 Å². The molecule has 0 aliphatic heterocycles. The van der Waals surface area contributed by atoms with E-state index in [1.165, 1.54) is 148 Å². The molecule has 0 aliphatic carbocycles. The SMILES string of the molecule is CCCCC.CCCCCCCCCCCCNC(=O)CCN(CCCN(C)CCCC)CCC(=O)NCCCCCCCCCCCC. The Morgan fingerprint density at radius 2 is 0.694 bits per heavy atom. The minimum Gasteiger partial charge on any atom is -0.356 e. The van der Waals surface area contributed by atoms with Gasteiger partial charge in [-0.15, -0.1) is 0 Å². The Morgan fingerprint density at radius 1 is 0.367 bits per heavy atom. The molecular weight excluding hydrogens is 604 g/mol. The van der Waals surface area contributed by atoms with Crippen molar-refractivity contribution in [3.05, 3.63) is 0 Å². The lowest BCUT2D eigenvalue weighted by molar-refractivity contribution is -0.121. The Kier molecular flexibility index (Phi) is 43.9. The zero-order chi connectivity index (χ0) is 36.5. The molecule has 0 saturated carbocycles. The third-order valence-corrected chi connectivity index (χ3v) is 9.63. The first-order chi connectivity index (χ1) is 23.9. The van der Waals surface area contributed by atoms with Crippen molar-refractivity contribution >= 4 is 11.8 Å².